The molecular weight excluding hydrogens is 236 g/mol. The van der Waals surface area contributed by atoms with Crippen molar-refractivity contribution in [1.82, 2.24) is 10.2 Å². The zero-order valence-corrected chi connectivity index (χ0v) is 14.4. The fourth-order valence-electron chi connectivity index (χ4n) is 2.16. The topological polar surface area (TPSA) is 24.5 Å². The minimum atomic E-state index is 0.199. The fraction of sp³-hybridized carbons (Fsp3) is 1.00. The van der Waals surface area contributed by atoms with Gasteiger partial charge in [-0.15, -0.1) is 0 Å². The second-order valence-corrected chi connectivity index (χ2v) is 7.18. The molecule has 0 rings (SSSR count). The molecule has 0 amide bonds. The van der Waals surface area contributed by atoms with Gasteiger partial charge in [0.2, 0.25) is 0 Å². The van der Waals surface area contributed by atoms with Gasteiger partial charge < -0.3 is 10.1 Å². The van der Waals surface area contributed by atoms with Crippen molar-refractivity contribution >= 4 is 0 Å². The highest BCUT2D eigenvalue weighted by molar-refractivity contribution is 4.73. The number of hydrogen-bond acceptors (Lipinski definition) is 3. The Labute approximate surface area is 121 Å². The van der Waals surface area contributed by atoms with Crippen LogP contribution >= 0.6 is 0 Å². The van der Waals surface area contributed by atoms with E-state index in [1.54, 1.807) is 0 Å². The number of nitrogens with zero attached hydrogens (tertiary/aromatic N) is 1. The van der Waals surface area contributed by atoms with E-state index in [4.69, 9.17) is 4.74 Å². The summed E-state index contributed by atoms with van der Waals surface area (Å²) < 4.78 is 5.88. The number of hydrogen-bond donors (Lipinski definition) is 1. The Bertz CT molecular complexity index is 217. The Hall–Kier alpha value is -0.120. The summed E-state index contributed by atoms with van der Waals surface area (Å²) in [5.41, 5.74) is 0.199. The molecule has 0 aliphatic carbocycles. The first-order valence-corrected chi connectivity index (χ1v) is 7.72. The van der Waals surface area contributed by atoms with Gasteiger partial charge in [-0.3, -0.25) is 4.90 Å². The number of ether oxygens (including phenoxy) is 1. The quantitative estimate of drug-likeness (QED) is 0.618. The lowest BCUT2D eigenvalue weighted by molar-refractivity contribution is 0.0348. The van der Waals surface area contributed by atoms with Crippen molar-refractivity contribution < 1.29 is 4.74 Å². The lowest BCUT2D eigenvalue weighted by atomic mass is 9.94. The molecule has 0 bridgehead atoms. The molecule has 0 aliphatic heterocycles. The molecule has 0 fully saturated rings. The van der Waals surface area contributed by atoms with Crippen LogP contribution in [-0.2, 0) is 4.74 Å². The van der Waals surface area contributed by atoms with Gasteiger partial charge in [-0.1, -0.05) is 27.7 Å². The van der Waals surface area contributed by atoms with Crippen LogP contribution in [0, 0.1) is 5.41 Å². The third-order valence-corrected chi connectivity index (χ3v) is 3.30. The van der Waals surface area contributed by atoms with E-state index in [-0.39, 0.29) is 5.41 Å². The lowest BCUT2D eigenvalue weighted by Gasteiger charge is -2.31. The Morgan fingerprint density at radius 1 is 1.00 bits per heavy atom. The van der Waals surface area contributed by atoms with Crippen LogP contribution in [-0.4, -0.2) is 49.3 Å². The molecule has 1 N–H and O–H groups in total. The van der Waals surface area contributed by atoms with E-state index in [2.05, 4.69) is 65.6 Å². The lowest BCUT2D eigenvalue weighted by Crippen LogP contribution is -2.40. The van der Waals surface area contributed by atoms with E-state index < -0.39 is 0 Å². The van der Waals surface area contributed by atoms with Crippen LogP contribution in [0.25, 0.3) is 0 Å². The summed E-state index contributed by atoms with van der Waals surface area (Å²) in [5, 5.41) is 3.48. The molecular formula is C16H36N2O. The second-order valence-electron chi connectivity index (χ2n) is 7.18. The van der Waals surface area contributed by atoms with Crippen molar-refractivity contribution in [3.05, 3.63) is 0 Å². The van der Waals surface area contributed by atoms with Gasteiger partial charge in [-0.05, 0) is 27.7 Å². The summed E-state index contributed by atoms with van der Waals surface area (Å²) in [7, 11) is 0. The average Bonchev–Trinajstić information content (AvgIpc) is 2.25. The van der Waals surface area contributed by atoms with E-state index in [9.17, 15) is 0 Å². The maximum absolute atomic E-state index is 5.88. The van der Waals surface area contributed by atoms with E-state index in [1.165, 1.54) is 0 Å². The molecule has 19 heavy (non-hydrogen) atoms. The van der Waals surface area contributed by atoms with Crippen LogP contribution in [0.5, 0.6) is 0 Å². The molecule has 0 aromatic carbocycles. The molecule has 0 saturated heterocycles. The molecule has 3 heteroatoms. The van der Waals surface area contributed by atoms with Gasteiger partial charge in [-0.25, -0.2) is 0 Å². The number of rotatable bonds is 10. The molecule has 3 nitrogen and oxygen atoms in total. The molecule has 0 radical (unpaired) electrons. The van der Waals surface area contributed by atoms with Gasteiger partial charge >= 0.3 is 0 Å². The third kappa shape index (κ3) is 9.42. The minimum Gasteiger partial charge on any atom is -0.380 e. The fourth-order valence-corrected chi connectivity index (χ4v) is 2.16. The molecule has 0 atom stereocenters. The van der Waals surface area contributed by atoms with Crippen molar-refractivity contribution in [3.63, 3.8) is 0 Å². The smallest absolute Gasteiger partial charge is 0.0593 e. The van der Waals surface area contributed by atoms with Gasteiger partial charge in [0.25, 0.3) is 0 Å². The summed E-state index contributed by atoms with van der Waals surface area (Å²) in [4.78, 5) is 2.47. The van der Waals surface area contributed by atoms with Crippen molar-refractivity contribution in [2.45, 2.75) is 73.5 Å². The standard InChI is InChI=1S/C16H36N2O/c1-13(2)17-11-16(7,8)12-19-10-9-18(14(3)4)15(5)6/h13-15,17H,9-12H2,1-8H3. The molecule has 0 heterocycles. The van der Waals surface area contributed by atoms with Crippen molar-refractivity contribution in [2.75, 3.05) is 26.3 Å². The largest absolute Gasteiger partial charge is 0.380 e. The Morgan fingerprint density at radius 2 is 1.53 bits per heavy atom. The highest BCUT2D eigenvalue weighted by Crippen LogP contribution is 2.14. The van der Waals surface area contributed by atoms with Gasteiger partial charge in [0.15, 0.2) is 0 Å². The predicted octanol–water partition coefficient (Wildman–Crippen LogP) is 3.15. The monoisotopic (exact) mass is 272 g/mol. The van der Waals surface area contributed by atoms with E-state index in [0.29, 0.717) is 18.1 Å². The highest BCUT2D eigenvalue weighted by atomic mass is 16.5. The second kappa shape index (κ2) is 8.93. The molecule has 0 unspecified atom stereocenters. The van der Waals surface area contributed by atoms with Crippen LogP contribution < -0.4 is 5.32 Å². The Balaban J connectivity index is 3.89. The van der Waals surface area contributed by atoms with Gasteiger partial charge in [0.05, 0.1) is 13.2 Å². The molecule has 116 valence electrons. The zero-order chi connectivity index (χ0) is 15.1. The Kier molecular flexibility index (Phi) is 8.88. The van der Waals surface area contributed by atoms with Crippen LogP contribution in [0.3, 0.4) is 0 Å². The van der Waals surface area contributed by atoms with Crippen LogP contribution in [0.2, 0.25) is 0 Å². The summed E-state index contributed by atoms with van der Waals surface area (Å²) >= 11 is 0. The van der Waals surface area contributed by atoms with Crippen molar-refractivity contribution in [3.8, 4) is 0 Å². The van der Waals surface area contributed by atoms with E-state index in [1.807, 2.05) is 0 Å². The van der Waals surface area contributed by atoms with Crippen molar-refractivity contribution in [1.29, 1.82) is 0 Å². The summed E-state index contributed by atoms with van der Waals surface area (Å²) in [5.74, 6) is 0. The normalized spacial score (nSPS) is 13.3. The van der Waals surface area contributed by atoms with Crippen molar-refractivity contribution in [2.24, 2.45) is 5.41 Å². The Morgan fingerprint density at radius 3 is 1.95 bits per heavy atom. The first-order chi connectivity index (χ1) is 8.65. The third-order valence-electron chi connectivity index (χ3n) is 3.30. The highest BCUT2D eigenvalue weighted by Gasteiger charge is 2.19. The minimum absolute atomic E-state index is 0.199. The van der Waals surface area contributed by atoms with Crippen LogP contribution in [0.1, 0.15) is 55.4 Å². The van der Waals surface area contributed by atoms with E-state index in [0.717, 1.165) is 26.3 Å². The summed E-state index contributed by atoms with van der Waals surface area (Å²) in [6.07, 6.45) is 0. The molecule has 0 aromatic heterocycles. The van der Waals surface area contributed by atoms with Gasteiger partial charge in [-0.2, -0.15) is 0 Å². The SMILES string of the molecule is CC(C)NCC(C)(C)COCCN(C(C)C)C(C)C. The van der Waals surface area contributed by atoms with Gasteiger partial charge in [0.1, 0.15) is 0 Å². The van der Waals surface area contributed by atoms with E-state index >= 15 is 0 Å². The predicted molar refractivity (Wildman–Crippen MR) is 84.7 cm³/mol. The molecule has 0 aliphatic rings. The molecule has 0 saturated carbocycles. The maximum Gasteiger partial charge on any atom is 0.0593 e. The molecule has 0 aromatic rings. The van der Waals surface area contributed by atoms with Crippen LogP contribution in [0.15, 0.2) is 0 Å². The maximum atomic E-state index is 5.88. The zero-order valence-electron chi connectivity index (χ0n) is 14.4. The van der Waals surface area contributed by atoms with Crippen LogP contribution in [0.4, 0.5) is 0 Å². The first-order valence-electron chi connectivity index (χ1n) is 7.72. The number of nitrogens with one attached hydrogen (secondary N) is 1. The van der Waals surface area contributed by atoms with Gasteiger partial charge in [0, 0.05) is 36.6 Å². The summed E-state index contributed by atoms with van der Waals surface area (Å²) in [6.45, 7) is 21.5. The molecule has 0 spiro atoms. The summed E-state index contributed by atoms with van der Waals surface area (Å²) in [6, 6.07) is 1.70. The average molecular weight is 272 g/mol. The first kappa shape index (κ1) is 18.9.